The molecule has 1 amide bonds. The molecule has 1 saturated heterocycles. The van der Waals surface area contributed by atoms with Crippen molar-refractivity contribution in [1.82, 2.24) is 0 Å². The van der Waals surface area contributed by atoms with Crippen LogP contribution in [0, 0.1) is 6.92 Å². The van der Waals surface area contributed by atoms with Crippen LogP contribution in [0.2, 0.25) is 0 Å². The number of aryl methyl sites for hydroxylation is 1. The van der Waals surface area contributed by atoms with Crippen molar-refractivity contribution in [1.29, 1.82) is 0 Å². The predicted octanol–water partition coefficient (Wildman–Crippen LogP) is 2.85. The normalized spacial score (nSPS) is 19.0. The van der Waals surface area contributed by atoms with Gasteiger partial charge in [0.15, 0.2) is 9.84 Å². The second-order valence-electron chi connectivity index (χ2n) is 6.09. The van der Waals surface area contributed by atoms with Crippen LogP contribution >= 0.6 is 0 Å². The summed E-state index contributed by atoms with van der Waals surface area (Å²) in [4.78, 5) is 12.3. The van der Waals surface area contributed by atoms with Crippen molar-refractivity contribution in [3.63, 3.8) is 0 Å². The monoisotopic (exact) mass is 344 g/mol. The van der Waals surface area contributed by atoms with E-state index >= 15 is 0 Å². The van der Waals surface area contributed by atoms with Crippen molar-refractivity contribution in [3.8, 4) is 0 Å². The molecule has 1 fully saturated rings. The fourth-order valence-electron chi connectivity index (χ4n) is 2.82. The van der Waals surface area contributed by atoms with Gasteiger partial charge in [-0.25, -0.2) is 8.42 Å². The van der Waals surface area contributed by atoms with Gasteiger partial charge in [-0.2, -0.15) is 0 Å². The lowest BCUT2D eigenvalue weighted by Crippen LogP contribution is -2.20. The lowest BCUT2D eigenvalue weighted by atomic mass is 10.1. The molecule has 1 heterocycles. The summed E-state index contributed by atoms with van der Waals surface area (Å²) in [5, 5.41) is 6.10. The Bertz CT molecular complexity index is 845. The number of carbonyl (C=O) groups excluding carboxylic acids is 1. The smallest absolute Gasteiger partial charge is 0.255 e. The maximum atomic E-state index is 12.3. The zero-order valence-corrected chi connectivity index (χ0v) is 14.3. The molecule has 126 valence electrons. The van der Waals surface area contributed by atoms with Gasteiger partial charge in [-0.3, -0.25) is 4.79 Å². The van der Waals surface area contributed by atoms with Crippen molar-refractivity contribution >= 4 is 27.1 Å². The quantitative estimate of drug-likeness (QED) is 0.894. The highest BCUT2D eigenvalue weighted by atomic mass is 32.2. The number of hydrogen-bond donors (Lipinski definition) is 2. The number of anilines is 2. The Labute approximate surface area is 142 Å². The van der Waals surface area contributed by atoms with Gasteiger partial charge >= 0.3 is 0 Å². The molecule has 2 aromatic rings. The Hall–Kier alpha value is -2.34. The molecular formula is C18H20N2O3S. The van der Waals surface area contributed by atoms with Gasteiger partial charge in [0, 0.05) is 23.0 Å². The van der Waals surface area contributed by atoms with E-state index in [1.807, 2.05) is 49.4 Å². The fourth-order valence-corrected chi connectivity index (χ4v) is 4.49. The summed E-state index contributed by atoms with van der Waals surface area (Å²) in [5.74, 6) is 0.282. The van der Waals surface area contributed by atoms with Crippen molar-refractivity contribution in [3.05, 3.63) is 59.7 Å². The second kappa shape index (κ2) is 6.65. The standard InChI is InChI=1S/C18H20N2O3S/c1-13-4-2-3-5-17(13)18(21)20-15-8-6-14(7-9-15)19-16-10-11-24(22,23)12-16/h2-9,16,19H,10-12H2,1H3,(H,20,21). The van der Waals surface area contributed by atoms with Gasteiger partial charge in [-0.1, -0.05) is 18.2 Å². The topological polar surface area (TPSA) is 75.3 Å². The van der Waals surface area contributed by atoms with Gasteiger partial charge in [0.2, 0.25) is 0 Å². The van der Waals surface area contributed by atoms with E-state index in [2.05, 4.69) is 10.6 Å². The Kier molecular flexibility index (Phi) is 4.57. The summed E-state index contributed by atoms with van der Waals surface area (Å²) in [6.45, 7) is 1.90. The van der Waals surface area contributed by atoms with Crippen LogP contribution < -0.4 is 10.6 Å². The van der Waals surface area contributed by atoms with Crippen molar-refractivity contribution in [2.45, 2.75) is 19.4 Å². The van der Waals surface area contributed by atoms with Crippen LogP contribution in [0.1, 0.15) is 22.3 Å². The third-order valence-corrected chi connectivity index (χ3v) is 5.90. The number of benzene rings is 2. The van der Waals surface area contributed by atoms with E-state index in [-0.39, 0.29) is 23.5 Å². The zero-order chi connectivity index (χ0) is 17.2. The zero-order valence-electron chi connectivity index (χ0n) is 13.5. The summed E-state index contributed by atoms with van der Waals surface area (Å²) in [7, 11) is -2.89. The van der Waals surface area contributed by atoms with Gasteiger partial charge < -0.3 is 10.6 Å². The molecule has 2 aromatic carbocycles. The molecule has 0 spiro atoms. The number of rotatable bonds is 4. The highest BCUT2D eigenvalue weighted by molar-refractivity contribution is 7.91. The van der Waals surface area contributed by atoms with Crippen molar-refractivity contribution in [2.75, 3.05) is 22.1 Å². The van der Waals surface area contributed by atoms with Gasteiger partial charge in [-0.05, 0) is 49.2 Å². The Morgan fingerprint density at radius 2 is 1.71 bits per heavy atom. The number of nitrogens with one attached hydrogen (secondary N) is 2. The minimum absolute atomic E-state index is 0.0394. The van der Waals surface area contributed by atoms with Crippen LogP contribution in [0.5, 0.6) is 0 Å². The molecule has 1 aliphatic rings. The first kappa shape index (κ1) is 16.5. The SMILES string of the molecule is Cc1ccccc1C(=O)Nc1ccc(NC2CCS(=O)(=O)C2)cc1. The Morgan fingerprint density at radius 1 is 1.04 bits per heavy atom. The van der Waals surface area contributed by atoms with E-state index in [1.165, 1.54) is 0 Å². The first-order valence-electron chi connectivity index (χ1n) is 7.87. The average molecular weight is 344 g/mol. The minimum atomic E-state index is -2.89. The molecule has 6 heteroatoms. The van der Waals surface area contributed by atoms with Gasteiger partial charge in [0.25, 0.3) is 5.91 Å². The molecule has 0 saturated carbocycles. The van der Waals surface area contributed by atoms with E-state index in [1.54, 1.807) is 6.07 Å². The fraction of sp³-hybridized carbons (Fsp3) is 0.278. The van der Waals surface area contributed by atoms with E-state index in [9.17, 15) is 13.2 Å². The summed E-state index contributed by atoms with van der Waals surface area (Å²) < 4.78 is 23.0. The summed E-state index contributed by atoms with van der Waals surface area (Å²) in [6, 6.07) is 14.7. The van der Waals surface area contributed by atoms with Crippen LogP contribution in [0.25, 0.3) is 0 Å². The molecule has 24 heavy (non-hydrogen) atoms. The molecule has 1 unspecified atom stereocenters. The maximum absolute atomic E-state index is 12.3. The lowest BCUT2D eigenvalue weighted by Gasteiger charge is -2.13. The van der Waals surface area contributed by atoms with E-state index in [0.717, 1.165) is 11.3 Å². The third kappa shape index (κ3) is 3.94. The molecule has 0 radical (unpaired) electrons. The number of sulfone groups is 1. The second-order valence-corrected chi connectivity index (χ2v) is 8.32. The Balaban J connectivity index is 1.63. The highest BCUT2D eigenvalue weighted by Crippen LogP contribution is 2.20. The average Bonchev–Trinajstić information content (AvgIpc) is 2.88. The van der Waals surface area contributed by atoms with Gasteiger partial charge in [-0.15, -0.1) is 0 Å². The molecule has 1 aliphatic heterocycles. The summed E-state index contributed by atoms with van der Waals surface area (Å²) in [6.07, 6.45) is 0.633. The van der Waals surface area contributed by atoms with Gasteiger partial charge in [0.1, 0.15) is 0 Å². The molecule has 0 aliphatic carbocycles. The minimum Gasteiger partial charge on any atom is -0.381 e. The van der Waals surface area contributed by atoms with Crippen LogP contribution in [0.4, 0.5) is 11.4 Å². The third-order valence-electron chi connectivity index (χ3n) is 4.14. The Morgan fingerprint density at radius 3 is 2.33 bits per heavy atom. The van der Waals surface area contributed by atoms with E-state index < -0.39 is 9.84 Å². The molecule has 3 rings (SSSR count). The van der Waals surface area contributed by atoms with Crippen molar-refractivity contribution in [2.24, 2.45) is 0 Å². The molecule has 5 nitrogen and oxygen atoms in total. The number of amides is 1. The molecule has 2 N–H and O–H groups in total. The van der Waals surface area contributed by atoms with Crippen LogP contribution in [0.3, 0.4) is 0 Å². The molecule has 1 atom stereocenters. The van der Waals surface area contributed by atoms with Gasteiger partial charge in [0.05, 0.1) is 11.5 Å². The molecule has 0 bridgehead atoms. The summed E-state index contributed by atoms with van der Waals surface area (Å²) >= 11 is 0. The van der Waals surface area contributed by atoms with Crippen LogP contribution in [-0.4, -0.2) is 31.9 Å². The van der Waals surface area contributed by atoms with E-state index in [4.69, 9.17) is 0 Å². The largest absolute Gasteiger partial charge is 0.381 e. The number of carbonyl (C=O) groups is 1. The first-order valence-corrected chi connectivity index (χ1v) is 9.69. The highest BCUT2D eigenvalue weighted by Gasteiger charge is 2.27. The summed E-state index contributed by atoms with van der Waals surface area (Å²) in [5.41, 5.74) is 3.13. The maximum Gasteiger partial charge on any atom is 0.255 e. The van der Waals surface area contributed by atoms with E-state index in [0.29, 0.717) is 17.7 Å². The van der Waals surface area contributed by atoms with Crippen LogP contribution in [0.15, 0.2) is 48.5 Å². The van der Waals surface area contributed by atoms with Crippen molar-refractivity contribution < 1.29 is 13.2 Å². The van der Waals surface area contributed by atoms with Crippen LogP contribution in [-0.2, 0) is 9.84 Å². The predicted molar refractivity (Wildman–Crippen MR) is 96.3 cm³/mol. The lowest BCUT2D eigenvalue weighted by molar-refractivity contribution is 0.102. The number of hydrogen-bond acceptors (Lipinski definition) is 4. The first-order chi connectivity index (χ1) is 11.4. The molecular weight excluding hydrogens is 324 g/mol. The molecule has 0 aromatic heterocycles.